The van der Waals surface area contributed by atoms with E-state index in [4.69, 9.17) is 14.5 Å². The van der Waals surface area contributed by atoms with Gasteiger partial charge in [0.2, 0.25) is 0 Å². The molecule has 0 radical (unpaired) electrons. The quantitative estimate of drug-likeness (QED) is 0.912. The van der Waals surface area contributed by atoms with Crippen LogP contribution in [-0.4, -0.2) is 17.2 Å². The summed E-state index contributed by atoms with van der Waals surface area (Å²) in [5, 5.41) is 15.3. The molecular weight excluding hydrogens is 270 g/mol. The summed E-state index contributed by atoms with van der Waals surface area (Å²) < 4.78 is 10.5. The first-order valence-electron chi connectivity index (χ1n) is 6.54. The number of nitrogens with one attached hydrogen (secondary N) is 1. The Labute approximate surface area is 122 Å². The van der Waals surface area contributed by atoms with Crippen molar-refractivity contribution in [2.45, 2.75) is 26.4 Å². The van der Waals surface area contributed by atoms with E-state index < -0.39 is 6.10 Å². The van der Waals surface area contributed by atoms with Gasteiger partial charge in [0.15, 0.2) is 11.9 Å². The molecule has 1 atom stereocenters. The molecule has 0 fully saturated rings. The lowest BCUT2D eigenvalue weighted by atomic mass is 10.2. The minimum atomic E-state index is -0.712. The number of nitrogens with zero attached hydrogens (tertiary/aromatic N) is 2. The highest BCUT2D eigenvalue weighted by Gasteiger charge is 2.20. The molecule has 0 aliphatic rings. The zero-order chi connectivity index (χ0) is 15.2. The van der Waals surface area contributed by atoms with Gasteiger partial charge in [-0.05, 0) is 25.5 Å². The van der Waals surface area contributed by atoms with Crippen LogP contribution in [0.4, 0.5) is 5.82 Å². The van der Waals surface area contributed by atoms with Crippen LogP contribution in [0.2, 0.25) is 0 Å². The molecule has 1 aromatic heterocycles. The van der Waals surface area contributed by atoms with Gasteiger partial charge in [-0.2, -0.15) is 5.26 Å². The zero-order valence-electron chi connectivity index (χ0n) is 11.8. The van der Waals surface area contributed by atoms with Crippen LogP contribution >= 0.6 is 0 Å². The second-order valence-electron chi connectivity index (χ2n) is 4.43. The first-order chi connectivity index (χ1) is 10.1. The number of nitriles is 1. The third kappa shape index (κ3) is 3.60. The van der Waals surface area contributed by atoms with Crippen LogP contribution in [0, 0.1) is 18.3 Å². The van der Waals surface area contributed by atoms with Gasteiger partial charge >= 0.3 is 0 Å². The third-order valence-electron chi connectivity index (χ3n) is 2.82. The number of aryl methyl sites for hydroxylation is 1. The monoisotopic (exact) mass is 285 g/mol. The maximum atomic E-state index is 12.2. The molecule has 1 N–H and O–H groups in total. The molecule has 0 aliphatic heterocycles. The lowest BCUT2D eigenvalue weighted by Gasteiger charge is -2.17. The molecule has 21 heavy (non-hydrogen) atoms. The summed E-state index contributed by atoms with van der Waals surface area (Å²) in [4.78, 5) is 12.2. The van der Waals surface area contributed by atoms with Crippen LogP contribution in [0.3, 0.4) is 0 Å². The summed E-state index contributed by atoms with van der Waals surface area (Å²) in [5.74, 6) is 0.999. The number of aromatic nitrogens is 1. The number of hydrogen-bond donors (Lipinski definition) is 1. The lowest BCUT2D eigenvalue weighted by Crippen LogP contribution is -2.32. The SMILES string of the molecule is CC[C@@H](Oc1ccccc1C#N)C(=O)Nc1cc(C)on1. The van der Waals surface area contributed by atoms with E-state index in [1.807, 2.05) is 13.0 Å². The lowest BCUT2D eigenvalue weighted by molar-refractivity contribution is -0.122. The predicted octanol–water partition coefficient (Wildman–Crippen LogP) is 2.65. The molecule has 0 aliphatic carbocycles. The van der Waals surface area contributed by atoms with Crippen molar-refractivity contribution in [1.82, 2.24) is 5.16 Å². The van der Waals surface area contributed by atoms with Crippen LogP contribution in [0.25, 0.3) is 0 Å². The molecule has 2 aromatic rings. The van der Waals surface area contributed by atoms with Crippen molar-refractivity contribution in [1.29, 1.82) is 5.26 Å². The minimum Gasteiger partial charge on any atom is -0.479 e. The van der Waals surface area contributed by atoms with E-state index in [1.54, 1.807) is 37.3 Å². The third-order valence-corrected chi connectivity index (χ3v) is 2.82. The van der Waals surface area contributed by atoms with Gasteiger partial charge in [0.05, 0.1) is 5.56 Å². The van der Waals surface area contributed by atoms with Crippen LogP contribution in [-0.2, 0) is 4.79 Å². The smallest absolute Gasteiger partial charge is 0.266 e. The van der Waals surface area contributed by atoms with E-state index in [-0.39, 0.29) is 5.91 Å². The van der Waals surface area contributed by atoms with Crippen molar-refractivity contribution < 1.29 is 14.1 Å². The van der Waals surface area contributed by atoms with Gasteiger partial charge < -0.3 is 14.6 Å². The summed E-state index contributed by atoms with van der Waals surface area (Å²) >= 11 is 0. The van der Waals surface area contributed by atoms with Gasteiger partial charge in [-0.15, -0.1) is 0 Å². The molecular formula is C15H15N3O3. The zero-order valence-corrected chi connectivity index (χ0v) is 11.8. The van der Waals surface area contributed by atoms with Gasteiger partial charge in [0, 0.05) is 6.07 Å². The predicted molar refractivity (Wildman–Crippen MR) is 75.7 cm³/mol. The first-order valence-corrected chi connectivity index (χ1v) is 6.54. The van der Waals surface area contributed by atoms with Gasteiger partial charge in [-0.25, -0.2) is 0 Å². The van der Waals surface area contributed by atoms with Crippen LogP contribution in [0.1, 0.15) is 24.7 Å². The molecule has 6 nitrogen and oxygen atoms in total. The van der Waals surface area contributed by atoms with Crippen LogP contribution < -0.4 is 10.1 Å². The molecule has 0 saturated carbocycles. The Kier molecular flexibility index (Phi) is 4.57. The van der Waals surface area contributed by atoms with E-state index in [0.29, 0.717) is 29.3 Å². The molecule has 2 rings (SSSR count). The molecule has 1 aromatic carbocycles. The molecule has 0 unspecified atom stereocenters. The molecule has 108 valence electrons. The van der Waals surface area contributed by atoms with Crippen LogP contribution in [0.5, 0.6) is 5.75 Å². The summed E-state index contributed by atoms with van der Waals surface area (Å²) in [7, 11) is 0. The largest absolute Gasteiger partial charge is 0.479 e. The number of amides is 1. The molecule has 0 spiro atoms. The fraction of sp³-hybridized carbons (Fsp3) is 0.267. The fourth-order valence-corrected chi connectivity index (χ4v) is 1.77. The Morgan fingerprint density at radius 2 is 2.29 bits per heavy atom. The van der Waals surface area contributed by atoms with Crippen molar-refractivity contribution in [3.05, 3.63) is 41.7 Å². The number of para-hydroxylation sites is 1. The summed E-state index contributed by atoms with van der Waals surface area (Å²) in [6, 6.07) is 10.4. The number of rotatable bonds is 5. The standard InChI is InChI=1S/C15H15N3O3/c1-3-12(15(19)17-14-8-10(2)21-18-14)20-13-7-5-4-6-11(13)9-16/h4-8,12H,3H2,1-2H3,(H,17,18,19)/t12-/m1/s1. The van der Waals surface area contributed by atoms with Gasteiger partial charge in [-0.1, -0.05) is 24.2 Å². The second-order valence-corrected chi connectivity index (χ2v) is 4.43. The maximum absolute atomic E-state index is 12.2. The molecule has 0 bridgehead atoms. The normalized spacial score (nSPS) is 11.5. The van der Waals surface area contributed by atoms with Crippen LogP contribution in [0.15, 0.2) is 34.9 Å². The topological polar surface area (TPSA) is 88.1 Å². The van der Waals surface area contributed by atoms with E-state index >= 15 is 0 Å². The number of hydrogen-bond acceptors (Lipinski definition) is 5. The number of carbonyl (C=O) groups excluding carboxylic acids is 1. The fourth-order valence-electron chi connectivity index (χ4n) is 1.77. The first kappa shape index (κ1) is 14.6. The van der Waals surface area contributed by atoms with Crippen molar-refractivity contribution in [2.75, 3.05) is 5.32 Å². The Balaban J connectivity index is 2.09. The van der Waals surface area contributed by atoms with Crippen molar-refractivity contribution in [2.24, 2.45) is 0 Å². The van der Waals surface area contributed by atoms with Crippen molar-refractivity contribution >= 4 is 11.7 Å². The Morgan fingerprint density at radius 1 is 1.52 bits per heavy atom. The number of benzene rings is 1. The summed E-state index contributed by atoms with van der Waals surface area (Å²) in [6.45, 7) is 3.56. The second kappa shape index (κ2) is 6.57. The van der Waals surface area contributed by atoms with Gasteiger partial charge in [0.25, 0.3) is 5.91 Å². The van der Waals surface area contributed by atoms with E-state index in [9.17, 15) is 4.79 Å². The molecule has 0 saturated heterocycles. The van der Waals surface area contributed by atoms with Gasteiger partial charge in [0.1, 0.15) is 17.6 Å². The Bertz CT molecular complexity index is 673. The van der Waals surface area contributed by atoms with E-state index in [1.165, 1.54) is 0 Å². The number of anilines is 1. The average molecular weight is 285 g/mol. The van der Waals surface area contributed by atoms with Crippen molar-refractivity contribution in [3.8, 4) is 11.8 Å². The van der Waals surface area contributed by atoms with E-state index in [2.05, 4.69) is 10.5 Å². The van der Waals surface area contributed by atoms with Crippen molar-refractivity contribution in [3.63, 3.8) is 0 Å². The Morgan fingerprint density at radius 3 is 2.90 bits per heavy atom. The summed E-state index contributed by atoms with van der Waals surface area (Å²) in [5.41, 5.74) is 0.390. The maximum Gasteiger partial charge on any atom is 0.266 e. The van der Waals surface area contributed by atoms with Gasteiger partial charge in [-0.3, -0.25) is 4.79 Å². The highest BCUT2D eigenvalue weighted by molar-refractivity contribution is 5.93. The van der Waals surface area contributed by atoms with E-state index in [0.717, 1.165) is 0 Å². The number of ether oxygens (including phenoxy) is 1. The number of carbonyl (C=O) groups is 1. The highest BCUT2D eigenvalue weighted by atomic mass is 16.5. The molecule has 6 heteroatoms. The summed E-state index contributed by atoms with van der Waals surface area (Å²) in [6.07, 6.45) is -0.251. The molecule has 1 amide bonds. The Hall–Kier alpha value is -2.81. The average Bonchev–Trinajstić information content (AvgIpc) is 2.90. The minimum absolute atomic E-state index is 0.335. The molecule has 1 heterocycles. The highest BCUT2D eigenvalue weighted by Crippen LogP contribution is 2.19.